The van der Waals surface area contributed by atoms with Gasteiger partial charge in [-0.25, -0.2) is 0 Å². The molecule has 0 heterocycles. The van der Waals surface area contributed by atoms with E-state index in [1.807, 2.05) is 31.2 Å². The number of nitriles is 1. The van der Waals surface area contributed by atoms with Gasteiger partial charge >= 0.3 is 0 Å². The number of allylic oxidation sites excluding steroid dienone is 1. The average Bonchev–Trinajstić information content (AvgIpc) is 2.04. The van der Waals surface area contributed by atoms with Crippen LogP contribution in [0.5, 0.6) is 0 Å². The highest BCUT2D eigenvalue weighted by Crippen LogP contribution is 2.15. The zero-order valence-electron chi connectivity index (χ0n) is 6.71. The zero-order chi connectivity index (χ0) is 8.97. The van der Waals surface area contributed by atoms with E-state index in [4.69, 9.17) is 16.9 Å². The molecule has 0 aromatic heterocycles. The van der Waals surface area contributed by atoms with Gasteiger partial charge in [0.25, 0.3) is 0 Å². The molecule has 0 aliphatic heterocycles. The molecule has 0 unspecified atom stereocenters. The van der Waals surface area contributed by atoms with Gasteiger partial charge in [-0.1, -0.05) is 23.8 Å². The summed E-state index contributed by atoms with van der Waals surface area (Å²) in [5.74, 6) is 0. The van der Waals surface area contributed by atoms with Crippen LogP contribution in [0.2, 0.25) is 5.02 Å². The van der Waals surface area contributed by atoms with Gasteiger partial charge in [-0.2, -0.15) is 5.26 Å². The summed E-state index contributed by atoms with van der Waals surface area (Å²) >= 11 is 5.78. The smallest absolute Gasteiger partial charge is 0.0992 e. The highest BCUT2D eigenvalue weighted by Gasteiger charge is 1.95. The van der Waals surface area contributed by atoms with Gasteiger partial charge in [0.1, 0.15) is 0 Å². The average molecular weight is 178 g/mol. The number of rotatable bonds is 1. The Hall–Kier alpha value is -1.26. The minimum atomic E-state index is 0.593. The highest BCUT2D eigenvalue weighted by atomic mass is 35.5. The summed E-state index contributed by atoms with van der Waals surface area (Å²) in [6.45, 7) is 1.92. The monoisotopic (exact) mass is 177 g/mol. The summed E-state index contributed by atoms with van der Waals surface area (Å²) in [5, 5.41) is 9.22. The molecule has 1 aromatic carbocycles. The summed E-state index contributed by atoms with van der Waals surface area (Å²) in [4.78, 5) is 0. The van der Waals surface area contributed by atoms with E-state index in [9.17, 15) is 0 Å². The standard InChI is InChI=1S/C10H8ClN/c1-2-3-8-4-9(7-12)6-10(11)5-8/h2-6H,1H3/b3-2+. The van der Waals surface area contributed by atoms with Gasteiger partial charge in [0, 0.05) is 5.02 Å². The van der Waals surface area contributed by atoms with Crippen LogP contribution in [-0.2, 0) is 0 Å². The highest BCUT2D eigenvalue weighted by molar-refractivity contribution is 6.30. The number of hydrogen-bond donors (Lipinski definition) is 0. The van der Waals surface area contributed by atoms with Gasteiger partial charge in [0.2, 0.25) is 0 Å². The molecule has 0 amide bonds. The largest absolute Gasteiger partial charge is 0.192 e. The molecule has 0 saturated heterocycles. The second-order valence-corrected chi connectivity index (χ2v) is 2.82. The summed E-state index contributed by atoms with van der Waals surface area (Å²) in [7, 11) is 0. The first kappa shape index (κ1) is 8.83. The van der Waals surface area contributed by atoms with E-state index in [0.717, 1.165) is 5.56 Å². The Kier molecular flexibility index (Phi) is 2.90. The quantitative estimate of drug-likeness (QED) is 0.646. The van der Waals surface area contributed by atoms with E-state index >= 15 is 0 Å². The van der Waals surface area contributed by atoms with Crippen LogP contribution in [0.3, 0.4) is 0 Å². The van der Waals surface area contributed by atoms with Crippen LogP contribution >= 0.6 is 11.6 Å². The maximum atomic E-state index is 8.62. The Balaban J connectivity index is 3.17. The molecule has 0 aliphatic carbocycles. The molecule has 0 bridgehead atoms. The number of hydrogen-bond acceptors (Lipinski definition) is 1. The minimum absolute atomic E-state index is 0.593. The molecule has 12 heavy (non-hydrogen) atoms. The first-order valence-corrected chi connectivity index (χ1v) is 3.97. The molecule has 1 rings (SSSR count). The molecule has 1 aromatic rings. The van der Waals surface area contributed by atoms with Crippen LogP contribution in [0.15, 0.2) is 24.3 Å². The summed E-state index contributed by atoms with van der Waals surface area (Å²) < 4.78 is 0. The predicted molar refractivity (Wildman–Crippen MR) is 50.9 cm³/mol. The van der Waals surface area contributed by atoms with E-state index in [-0.39, 0.29) is 0 Å². The number of halogens is 1. The van der Waals surface area contributed by atoms with Crippen LogP contribution in [-0.4, -0.2) is 0 Å². The second kappa shape index (κ2) is 3.94. The van der Waals surface area contributed by atoms with Crippen molar-refractivity contribution in [1.29, 1.82) is 5.26 Å². The first-order valence-electron chi connectivity index (χ1n) is 3.59. The van der Waals surface area contributed by atoms with Gasteiger partial charge in [-0.05, 0) is 30.7 Å². The number of nitrogens with zero attached hydrogens (tertiary/aromatic N) is 1. The molecule has 0 aliphatic rings. The second-order valence-electron chi connectivity index (χ2n) is 2.39. The van der Waals surface area contributed by atoms with Crippen LogP contribution in [0.25, 0.3) is 6.08 Å². The molecule has 0 radical (unpaired) electrons. The fourth-order valence-corrected chi connectivity index (χ4v) is 1.21. The van der Waals surface area contributed by atoms with Gasteiger partial charge < -0.3 is 0 Å². The van der Waals surface area contributed by atoms with Crippen molar-refractivity contribution >= 4 is 17.7 Å². The first-order chi connectivity index (χ1) is 5.76. The molecule has 0 atom stereocenters. The Morgan fingerprint density at radius 1 is 1.42 bits per heavy atom. The molecule has 1 nitrogen and oxygen atoms in total. The van der Waals surface area contributed by atoms with Crippen molar-refractivity contribution in [2.75, 3.05) is 0 Å². The van der Waals surface area contributed by atoms with Crippen LogP contribution in [0.1, 0.15) is 18.1 Å². The van der Waals surface area contributed by atoms with Crippen molar-refractivity contribution in [2.24, 2.45) is 0 Å². The maximum absolute atomic E-state index is 8.62. The van der Waals surface area contributed by atoms with Crippen molar-refractivity contribution < 1.29 is 0 Å². The summed E-state index contributed by atoms with van der Waals surface area (Å²) in [6, 6.07) is 7.31. The third kappa shape index (κ3) is 2.11. The molecular formula is C10H8ClN. The lowest BCUT2D eigenvalue weighted by Gasteiger charge is -1.95. The van der Waals surface area contributed by atoms with E-state index < -0.39 is 0 Å². The lowest BCUT2D eigenvalue weighted by atomic mass is 10.1. The Morgan fingerprint density at radius 3 is 2.75 bits per heavy atom. The van der Waals surface area contributed by atoms with Gasteiger partial charge in [-0.3, -0.25) is 0 Å². The molecule has 0 fully saturated rings. The molecule has 0 spiro atoms. The van der Waals surface area contributed by atoms with Crippen LogP contribution in [0.4, 0.5) is 0 Å². The lowest BCUT2D eigenvalue weighted by molar-refractivity contribution is 1.48. The molecule has 0 N–H and O–H groups in total. The third-order valence-corrected chi connectivity index (χ3v) is 1.63. The molecule has 2 heteroatoms. The summed E-state index contributed by atoms with van der Waals surface area (Å²) in [5.41, 5.74) is 1.55. The minimum Gasteiger partial charge on any atom is -0.192 e. The zero-order valence-corrected chi connectivity index (χ0v) is 7.47. The molecule has 0 saturated carbocycles. The normalized spacial score (nSPS) is 10.1. The van der Waals surface area contributed by atoms with Crippen LogP contribution in [0, 0.1) is 11.3 Å². The van der Waals surface area contributed by atoms with Crippen molar-refractivity contribution in [3.05, 3.63) is 40.4 Å². The van der Waals surface area contributed by atoms with Crippen molar-refractivity contribution in [2.45, 2.75) is 6.92 Å². The fourth-order valence-electron chi connectivity index (χ4n) is 0.966. The van der Waals surface area contributed by atoms with E-state index in [1.165, 1.54) is 0 Å². The Bertz CT molecular complexity index is 347. The number of benzene rings is 1. The van der Waals surface area contributed by atoms with Crippen molar-refractivity contribution in [3.63, 3.8) is 0 Å². The van der Waals surface area contributed by atoms with Crippen LogP contribution < -0.4 is 0 Å². The Labute approximate surface area is 76.9 Å². The maximum Gasteiger partial charge on any atom is 0.0992 e. The molecular weight excluding hydrogens is 170 g/mol. The third-order valence-electron chi connectivity index (χ3n) is 1.41. The topological polar surface area (TPSA) is 23.8 Å². The van der Waals surface area contributed by atoms with Gasteiger partial charge in [0.15, 0.2) is 0 Å². The van der Waals surface area contributed by atoms with Gasteiger partial charge in [0.05, 0.1) is 11.6 Å². The van der Waals surface area contributed by atoms with Crippen molar-refractivity contribution in [1.82, 2.24) is 0 Å². The van der Waals surface area contributed by atoms with E-state index in [2.05, 4.69) is 0 Å². The predicted octanol–water partition coefficient (Wildman–Crippen LogP) is 3.24. The fraction of sp³-hybridized carbons (Fsp3) is 0.100. The summed E-state index contributed by atoms with van der Waals surface area (Å²) in [6.07, 6.45) is 3.82. The van der Waals surface area contributed by atoms with Gasteiger partial charge in [-0.15, -0.1) is 0 Å². The Morgan fingerprint density at radius 2 is 2.17 bits per heavy atom. The van der Waals surface area contributed by atoms with E-state index in [1.54, 1.807) is 12.1 Å². The van der Waals surface area contributed by atoms with Crippen molar-refractivity contribution in [3.8, 4) is 6.07 Å². The molecule has 60 valence electrons. The lowest BCUT2D eigenvalue weighted by Crippen LogP contribution is -1.77. The van der Waals surface area contributed by atoms with E-state index in [0.29, 0.717) is 10.6 Å². The SMILES string of the molecule is C/C=C/c1cc(Cl)cc(C#N)c1.